The number of rotatable bonds is 6. The van der Waals surface area contributed by atoms with Crippen molar-refractivity contribution in [1.82, 2.24) is 9.78 Å². The highest BCUT2D eigenvalue weighted by molar-refractivity contribution is 7.92. The first-order chi connectivity index (χ1) is 7.87. The predicted octanol–water partition coefficient (Wildman–Crippen LogP) is 1.80. The Hall–Kier alpha value is -0.750. The predicted molar refractivity (Wildman–Crippen MR) is 70.0 cm³/mol. The molecule has 1 rings (SSSR count). The van der Waals surface area contributed by atoms with Gasteiger partial charge in [0, 0.05) is 12.9 Å². The molecule has 1 heterocycles. The molecular weight excluding hydrogens is 262 g/mol. The number of hydrogen-bond acceptors (Lipinski definition) is 3. The zero-order chi connectivity index (χ0) is 13.1. The van der Waals surface area contributed by atoms with E-state index in [-0.39, 0.29) is 5.75 Å². The zero-order valence-corrected chi connectivity index (χ0v) is 11.9. The largest absolute Gasteiger partial charge is 0.280 e. The van der Waals surface area contributed by atoms with Gasteiger partial charge in [-0.15, -0.1) is 11.6 Å². The number of aromatic nitrogens is 2. The average Bonchev–Trinajstić information content (AvgIpc) is 2.45. The summed E-state index contributed by atoms with van der Waals surface area (Å²) in [6.45, 7) is 3.61. The van der Waals surface area contributed by atoms with Crippen LogP contribution in [-0.4, -0.2) is 29.8 Å². The van der Waals surface area contributed by atoms with Gasteiger partial charge >= 0.3 is 0 Å². The monoisotopic (exact) mass is 279 g/mol. The summed E-state index contributed by atoms with van der Waals surface area (Å²) in [5.74, 6) is 0.577. The molecule has 1 N–H and O–H groups in total. The van der Waals surface area contributed by atoms with Gasteiger partial charge in [-0.1, -0.05) is 0 Å². The number of aryl methyl sites for hydroxylation is 2. The van der Waals surface area contributed by atoms with E-state index in [1.54, 1.807) is 18.7 Å². The number of nitrogens with one attached hydrogen (secondary N) is 1. The minimum atomic E-state index is -3.30. The molecule has 5 nitrogen and oxygen atoms in total. The van der Waals surface area contributed by atoms with Crippen LogP contribution < -0.4 is 4.72 Å². The van der Waals surface area contributed by atoms with Gasteiger partial charge in [0.2, 0.25) is 10.0 Å². The lowest BCUT2D eigenvalue weighted by Gasteiger charge is -2.07. The Labute approximate surface area is 107 Å². The van der Waals surface area contributed by atoms with E-state index in [9.17, 15) is 8.42 Å². The molecule has 7 heteroatoms. The molecule has 0 unspecified atom stereocenters. The molecule has 98 valence electrons. The Balaban J connectivity index is 2.76. The Kier molecular flexibility index (Phi) is 4.82. The molecule has 0 aromatic carbocycles. The Bertz CT molecular complexity index is 482. The molecule has 0 radical (unpaired) electrons. The average molecular weight is 280 g/mol. The summed E-state index contributed by atoms with van der Waals surface area (Å²) in [5, 5.41) is 4.16. The standard InChI is InChI=1S/C10H18ClN3O2S/c1-8-10(9(2)14(3)12-8)13-17(15,16)7-5-4-6-11/h13H,4-7H2,1-3H3. The SMILES string of the molecule is Cc1nn(C)c(C)c1NS(=O)(=O)CCCCCl. The topological polar surface area (TPSA) is 64.0 Å². The number of nitrogens with zero attached hydrogens (tertiary/aromatic N) is 2. The summed E-state index contributed by atoms with van der Waals surface area (Å²) in [7, 11) is -1.52. The van der Waals surface area contributed by atoms with E-state index < -0.39 is 10.0 Å². The van der Waals surface area contributed by atoms with Crippen LogP contribution in [0.15, 0.2) is 0 Å². The lowest BCUT2D eigenvalue weighted by molar-refractivity contribution is 0.598. The van der Waals surface area contributed by atoms with Crippen LogP contribution >= 0.6 is 11.6 Å². The Morgan fingerprint density at radius 1 is 1.35 bits per heavy atom. The van der Waals surface area contributed by atoms with Crippen molar-refractivity contribution in [3.63, 3.8) is 0 Å². The van der Waals surface area contributed by atoms with Crippen molar-refractivity contribution in [2.75, 3.05) is 16.4 Å². The van der Waals surface area contributed by atoms with Crippen molar-refractivity contribution in [2.24, 2.45) is 7.05 Å². The summed E-state index contributed by atoms with van der Waals surface area (Å²) in [6.07, 6.45) is 1.27. The first kappa shape index (κ1) is 14.3. The third-order valence-corrected chi connectivity index (χ3v) is 4.17. The van der Waals surface area contributed by atoms with Crippen molar-refractivity contribution in [1.29, 1.82) is 0 Å². The third kappa shape index (κ3) is 3.89. The van der Waals surface area contributed by atoms with Gasteiger partial charge in [0.15, 0.2) is 0 Å². The zero-order valence-electron chi connectivity index (χ0n) is 10.3. The quantitative estimate of drug-likeness (QED) is 0.638. The van der Waals surface area contributed by atoms with E-state index in [1.807, 2.05) is 6.92 Å². The number of unbranched alkanes of at least 4 members (excludes halogenated alkanes) is 1. The highest BCUT2D eigenvalue weighted by Crippen LogP contribution is 2.20. The van der Waals surface area contributed by atoms with Crippen molar-refractivity contribution >= 4 is 27.3 Å². The smallest absolute Gasteiger partial charge is 0.232 e. The second-order valence-corrected chi connectivity index (χ2v) is 6.21. The minimum absolute atomic E-state index is 0.0908. The molecule has 0 saturated heterocycles. The minimum Gasteiger partial charge on any atom is -0.280 e. The summed E-state index contributed by atoms with van der Waals surface area (Å²) in [4.78, 5) is 0. The fourth-order valence-electron chi connectivity index (χ4n) is 1.51. The molecule has 1 aromatic heterocycles. The van der Waals surface area contributed by atoms with Crippen LogP contribution in [0.1, 0.15) is 24.2 Å². The second kappa shape index (κ2) is 5.73. The first-order valence-electron chi connectivity index (χ1n) is 5.44. The van der Waals surface area contributed by atoms with E-state index in [4.69, 9.17) is 11.6 Å². The van der Waals surface area contributed by atoms with Crippen molar-refractivity contribution in [3.8, 4) is 0 Å². The van der Waals surface area contributed by atoms with Gasteiger partial charge in [-0.25, -0.2) is 8.42 Å². The van der Waals surface area contributed by atoms with Gasteiger partial charge in [0.05, 0.1) is 22.8 Å². The summed E-state index contributed by atoms with van der Waals surface area (Å²) >= 11 is 5.52. The van der Waals surface area contributed by atoms with E-state index in [0.29, 0.717) is 30.1 Å². The number of sulfonamides is 1. The van der Waals surface area contributed by atoms with Crippen molar-refractivity contribution < 1.29 is 8.42 Å². The van der Waals surface area contributed by atoms with Gasteiger partial charge in [-0.3, -0.25) is 9.40 Å². The summed E-state index contributed by atoms with van der Waals surface area (Å²) < 4.78 is 27.8. The number of halogens is 1. The Morgan fingerprint density at radius 3 is 2.47 bits per heavy atom. The summed E-state index contributed by atoms with van der Waals surface area (Å²) in [6, 6.07) is 0. The Morgan fingerprint density at radius 2 is 2.00 bits per heavy atom. The number of hydrogen-bond donors (Lipinski definition) is 1. The molecule has 17 heavy (non-hydrogen) atoms. The van der Waals surface area contributed by atoms with Crippen LogP contribution in [0.5, 0.6) is 0 Å². The molecule has 1 aromatic rings. The van der Waals surface area contributed by atoms with E-state index >= 15 is 0 Å². The van der Waals surface area contributed by atoms with Crippen LogP contribution in [0.25, 0.3) is 0 Å². The van der Waals surface area contributed by atoms with Crippen LogP contribution in [0.3, 0.4) is 0 Å². The molecule has 0 aliphatic heterocycles. The van der Waals surface area contributed by atoms with Gasteiger partial charge in [0.25, 0.3) is 0 Å². The third-order valence-electron chi connectivity index (χ3n) is 2.56. The molecule has 0 amide bonds. The lowest BCUT2D eigenvalue weighted by atomic mass is 10.3. The van der Waals surface area contributed by atoms with Crippen LogP contribution in [-0.2, 0) is 17.1 Å². The van der Waals surface area contributed by atoms with E-state index in [2.05, 4.69) is 9.82 Å². The van der Waals surface area contributed by atoms with E-state index in [0.717, 1.165) is 5.69 Å². The molecule has 0 atom stereocenters. The maximum Gasteiger partial charge on any atom is 0.232 e. The maximum atomic E-state index is 11.8. The molecule has 0 fully saturated rings. The van der Waals surface area contributed by atoms with Gasteiger partial charge < -0.3 is 0 Å². The van der Waals surface area contributed by atoms with Crippen LogP contribution in [0.4, 0.5) is 5.69 Å². The number of anilines is 1. The second-order valence-electron chi connectivity index (χ2n) is 3.99. The molecule has 0 saturated carbocycles. The van der Waals surface area contributed by atoms with Crippen molar-refractivity contribution in [2.45, 2.75) is 26.7 Å². The highest BCUT2D eigenvalue weighted by atomic mass is 35.5. The normalized spacial score (nSPS) is 11.8. The first-order valence-corrected chi connectivity index (χ1v) is 7.62. The molecular formula is C10H18ClN3O2S. The summed E-state index contributed by atoms with van der Waals surface area (Å²) in [5.41, 5.74) is 2.08. The van der Waals surface area contributed by atoms with E-state index in [1.165, 1.54) is 0 Å². The fourth-order valence-corrected chi connectivity index (χ4v) is 3.00. The number of alkyl halides is 1. The molecule has 0 aliphatic carbocycles. The van der Waals surface area contributed by atoms with Crippen LogP contribution in [0, 0.1) is 13.8 Å². The van der Waals surface area contributed by atoms with Gasteiger partial charge in [-0.2, -0.15) is 5.10 Å². The molecule has 0 spiro atoms. The van der Waals surface area contributed by atoms with Gasteiger partial charge in [0.1, 0.15) is 0 Å². The van der Waals surface area contributed by atoms with Crippen molar-refractivity contribution in [3.05, 3.63) is 11.4 Å². The highest BCUT2D eigenvalue weighted by Gasteiger charge is 2.16. The maximum absolute atomic E-state index is 11.8. The van der Waals surface area contributed by atoms with Crippen LogP contribution in [0.2, 0.25) is 0 Å². The molecule has 0 aliphatic rings. The lowest BCUT2D eigenvalue weighted by Crippen LogP contribution is -2.17. The molecule has 0 bridgehead atoms. The van der Waals surface area contributed by atoms with Gasteiger partial charge in [-0.05, 0) is 26.7 Å². The fraction of sp³-hybridized carbons (Fsp3) is 0.700.